The monoisotopic (exact) mass is 453 g/mol. The van der Waals surface area contributed by atoms with Gasteiger partial charge in [-0.3, -0.25) is 0 Å². The fraction of sp³-hybridized carbons (Fsp3) is 0.167. The third kappa shape index (κ3) is 5.41. The Balaban J connectivity index is 1.60. The lowest BCUT2D eigenvalue weighted by Crippen LogP contribution is -2.34. The van der Waals surface area contributed by atoms with E-state index in [4.69, 9.17) is 4.74 Å². The topological polar surface area (TPSA) is 26.3 Å². The summed E-state index contributed by atoms with van der Waals surface area (Å²) in [6, 6.07) is 41.9. The van der Waals surface area contributed by atoms with E-state index in [9.17, 15) is 4.79 Å². The van der Waals surface area contributed by atoms with Gasteiger partial charge in [0.25, 0.3) is 0 Å². The maximum atomic E-state index is 12.4. The van der Waals surface area contributed by atoms with Crippen molar-refractivity contribution in [2.45, 2.75) is 13.3 Å². The second-order valence-electron chi connectivity index (χ2n) is 8.40. The van der Waals surface area contributed by atoms with Gasteiger partial charge in [-0.15, -0.1) is 0 Å². The van der Waals surface area contributed by atoms with Crippen LogP contribution in [0, 0.1) is 5.92 Å². The molecule has 0 aliphatic heterocycles. The third-order valence-corrected chi connectivity index (χ3v) is 10.5. The molecule has 0 bridgehead atoms. The second-order valence-corrected chi connectivity index (χ2v) is 12.0. The Morgan fingerprint density at radius 2 is 1.06 bits per heavy atom. The van der Waals surface area contributed by atoms with Crippen LogP contribution in [-0.4, -0.2) is 18.7 Å². The van der Waals surface area contributed by atoms with Gasteiger partial charge in [-0.25, -0.2) is 4.79 Å². The molecule has 0 saturated heterocycles. The van der Waals surface area contributed by atoms with E-state index >= 15 is 0 Å². The molecule has 0 aliphatic carbocycles. The molecule has 4 aromatic rings. The predicted molar refractivity (Wildman–Crippen MR) is 141 cm³/mol. The van der Waals surface area contributed by atoms with Crippen LogP contribution in [-0.2, 0) is 4.74 Å². The third-order valence-electron chi connectivity index (χ3n) is 6.06. The molecule has 4 rings (SSSR count). The van der Waals surface area contributed by atoms with Gasteiger partial charge in [0, 0.05) is 0 Å². The summed E-state index contributed by atoms with van der Waals surface area (Å²) < 4.78 is 5.65. The van der Waals surface area contributed by atoms with Crippen molar-refractivity contribution in [3.05, 3.63) is 127 Å². The second kappa shape index (κ2) is 11.1. The molecule has 0 saturated carbocycles. The van der Waals surface area contributed by atoms with Crippen LogP contribution < -0.4 is 15.9 Å². The summed E-state index contributed by atoms with van der Waals surface area (Å²) in [7, 11) is -1.85. The van der Waals surface area contributed by atoms with Gasteiger partial charge < -0.3 is 4.74 Å². The average molecular weight is 454 g/mol. The van der Waals surface area contributed by atoms with Crippen molar-refractivity contribution < 1.29 is 9.53 Å². The van der Waals surface area contributed by atoms with Crippen molar-refractivity contribution in [3.63, 3.8) is 0 Å². The van der Waals surface area contributed by atoms with E-state index < -0.39 is 7.26 Å². The molecule has 0 fully saturated rings. The molecule has 0 heterocycles. The highest BCUT2D eigenvalue weighted by Crippen LogP contribution is 2.56. The van der Waals surface area contributed by atoms with Gasteiger partial charge in [0.15, 0.2) is 0 Å². The molecule has 3 heteroatoms. The minimum atomic E-state index is -1.85. The van der Waals surface area contributed by atoms with Gasteiger partial charge in [-0.1, -0.05) is 79.7 Å². The maximum absolute atomic E-state index is 12.4. The Bertz CT molecular complexity index is 1030. The zero-order valence-corrected chi connectivity index (χ0v) is 19.9. The maximum Gasteiger partial charge on any atom is 0.338 e. The number of carbonyl (C=O) groups is 1. The summed E-state index contributed by atoms with van der Waals surface area (Å²) in [6.45, 7) is 2.60. The molecular weight excluding hydrogens is 423 g/mol. The summed E-state index contributed by atoms with van der Waals surface area (Å²) in [4.78, 5) is 12.4. The fourth-order valence-corrected chi connectivity index (χ4v) is 8.80. The molecule has 0 spiro atoms. The molecule has 0 radical (unpaired) electrons. The van der Waals surface area contributed by atoms with Gasteiger partial charge in [0.2, 0.25) is 0 Å². The molecular formula is C30H30O2P+. The van der Waals surface area contributed by atoms with E-state index in [-0.39, 0.29) is 11.9 Å². The molecule has 166 valence electrons. The number of esters is 1. The lowest BCUT2D eigenvalue weighted by atomic mass is 10.1. The van der Waals surface area contributed by atoms with E-state index in [0.717, 1.165) is 12.6 Å². The van der Waals surface area contributed by atoms with Gasteiger partial charge in [-0.2, -0.15) is 0 Å². The Labute approximate surface area is 197 Å². The van der Waals surface area contributed by atoms with Crippen LogP contribution in [0.1, 0.15) is 23.7 Å². The number of carbonyl (C=O) groups excluding carboxylic acids is 1. The summed E-state index contributed by atoms with van der Waals surface area (Å²) >= 11 is 0. The predicted octanol–water partition coefficient (Wildman–Crippen LogP) is 5.86. The molecule has 0 aromatic heterocycles. The van der Waals surface area contributed by atoms with Crippen LogP contribution in [0.15, 0.2) is 121 Å². The smallest absolute Gasteiger partial charge is 0.338 e. The summed E-state index contributed by atoms with van der Waals surface area (Å²) in [5, 5.41) is 4.16. The number of hydrogen-bond donors (Lipinski definition) is 0. The van der Waals surface area contributed by atoms with Crippen LogP contribution >= 0.6 is 7.26 Å². The zero-order valence-electron chi connectivity index (χ0n) is 19.0. The molecule has 0 amide bonds. The normalized spacial score (nSPS) is 12.2. The van der Waals surface area contributed by atoms with E-state index in [2.05, 4.69) is 97.9 Å². The Hall–Kier alpha value is -3.22. The van der Waals surface area contributed by atoms with E-state index in [1.807, 2.05) is 18.2 Å². The molecule has 1 atom stereocenters. The summed E-state index contributed by atoms with van der Waals surface area (Å²) in [6.07, 6.45) is 1.99. The van der Waals surface area contributed by atoms with Crippen molar-refractivity contribution in [2.24, 2.45) is 5.92 Å². The Morgan fingerprint density at radius 1 is 0.667 bits per heavy atom. The number of hydrogen-bond acceptors (Lipinski definition) is 2. The van der Waals surface area contributed by atoms with E-state index in [0.29, 0.717) is 12.2 Å². The molecule has 4 aromatic carbocycles. The quantitative estimate of drug-likeness (QED) is 0.234. The first-order valence-corrected chi connectivity index (χ1v) is 13.4. The van der Waals surface area contributed by atoms with Gasteiger partial charge in [-0.05, 0) is 60.9 Å². The van der Waals surface area contributed by atoms with Crippen LogP contribution in [0.5, 0.6) is 0 Å². The number of benzene rings is 4. The lowest BCUT2D eigenvalue weighted by Gasteiger charge is -2.28. The molecule has 2 nitrogen and oxygen atoms in total. The van der Waals surface area contributed by atoms with Crippen LogP contribution in [0.4, 0.5) is 0 Å². The van der Waals surface area contributed by atoms with Crippen molar-refractivity contribution in [2.75, 3.05) is 12.8 Å². The zero-order chi connectivity index (χ0) is 22.9. The highest BCUT2D eigenvalue weighted by atomic mass is 31.2. The lowest BCUT2D eigenvalue weighted by molar-refractivity contribution is 0.0447. The van der Waals surface area contributed by atoms with E-state index in [1.54, 1.807) is 12.1 Å². The minimum Gasteiger partial charge on any atom is -0.462 e. The number of rotatable bonds is 9. The molecule has 0 unspecified atom stereocenters. The highest BCUT2D eigenvalue weighted by Gasteiger charge is 2.44. The standard InChI is InChI=1S/C30H30O2P/c1-25(24-32-30(31)26-14-6-2-7-15-26)22-23-33(27-16-8-3-9-17-27,28-18-10-4-11-19-28)29-20-12-5-13-21-29/h2-21,25H,22-24H2,1H3/q+1/t25-/m0/s1. The SMILES string of the molecule is C[C@@H](CC[P+](c1ccccc1)(c1ccccc1)c1ccccc1)COC(=O)c1ccccc1. The first kappa shape index (κ1) is 23.0. The van der Waals surface area contributed by atoms with Crippen molar-refractivity contribution in [3.8, 4) is 0 Å². The largest absolute Gasteiger partial charge is 0.462 e. The van der Waals surface area contributed by atoms with Gasteiger partial charge >= 0.3 is 5.97 Å². The van der Waals surface area contributed by atoms with Gasteiger partial charge in [0.1, 0.15) is 23.2 Å². The molecule has 33 heavy (non-hydrogen) atoms. The Morgan fingerprint density at radius 3 is 1.48 bits per heavy atom. The van der Waals surface area contributed by atoms with Crippen LogP contribution in [0.2, 0.25) is 0 Å². The van der Waals surface area contributed by atoms with Crippen LogP contribution in [0.25, 0.3) is 0 Å². The Kier molecular flexibility index (Phi) is 7.70. The first-order valence-electron chi connectivity index (χ1n) is 11.5. The molecule has 0 aliphatic rings. The van der Waals surface area contributed by atoms with Crippen LogP contribution in [0.3, 0.4) is 0 Å². The summed E-state index contributed by atoms with van der Waals surface area (Å²) in [5.74, 6) is 0.00543. The van der Waals surface area contributed by atoms with Crippen molar-refractivity contribution >= 4 is 29.1 Å². The summed E-state index contributed by atoms with van der Waals surface area (Å²) in [5.41, 5.74) is 0.601. The number of ether oxygens (including phenoxy) is 1. The van der Waals surface area contributed by atoms with Gasteiger partial charge in [0.05, 0.1) is 18.3 Å². The fourth-order valence-electron chi connectivity index (χ4n) is 4.25. The first-order chi connectivity index (χ1) is 16.2. The van der Waals surface area contributed by atoms with E-state index in [1.165, 1.54) is 15.9 Å². The minimum absolute atomic E-state index is 0.252. The molecule has 0 N–H and O–H groups in total. The van der Waals surface area contributed by atoms with Crippen molar-refractivity contribution in [1.29, 1.82) is 0 Å². The average Bonchev–Trinajstić information content (AvgIpc) is 2.90. The highest BCUT2D eigenvalue weighted by molar-refractivity contribution is 7.95. The van der Waals surface area contributed by atoms with Crippen molar-refractivity contribution in [1.82, 2.24) is 0 Å².